The van der Waals surface area contributed by atoms with Gasteiger partial charge in [0.1, 0.15) is 5.56 Å². The Hall–Kier alpha value is -3.12. The van der Waals surface area contributed by atoms with Crippen LogP contribution in [-0.2, 0) is 10.0 Å². The molecular formula is C20H22FN7O3S. The van der Waals surface area contributed by atoms with E-state index in [1.807, 2.05) is 6.07 Å². The maximum absolute atomic E-state index is 13.4. The number of nitrogens with two attached hydrogens (primary N) is 1. The van der Waals surface area contributed by atoms with E-state index in [0.717, 1.165) is 35.3 Å². The molecule has 1 aliphatic heterocycles. The molecule has 4 heterocycles. The molecule has 0 aromatic carbocycles. The zero-order valence-corrected chi connectivity index (χ0v) is 17.9. The first-order valence-corrected chi connectivity index (χ1v) is 11.9. The minimum Gasteiger partial charge on any atom is -0.381 e. The van der Waals surface area contributed by atoms with E-state index >= 15 is 0 Å². The Labute approximate surface area is 183 Å². The fraction of sp³-hybridized carbons (Fsp3) is 0.400. The Kier molecular flexibility index (Phi) is 5.05. The second-order valence-electron chi connectivity index (χ2n) is 8.14. The third kappa shape index (κ3) is 3.69. The molecule has 3 aromatic rings. The van der Waals surface area contributed by atoms with E-state index in [1.165, 1.54) is 0 Å². The molecule has 0 atom stereocenters. The number of nitrogens with one attached hydrogen (secondary N) is 1. The van der Waals surface area contributed by atoms with Crippen LogP contribution in [0.25, 0.3) is 5.65 Å². The predicted octanol–water partition coefficient (Wildman–Crippen LogP) is 1.77. The van der Waals surface area contributed by atoms with Gasteiger partial charge in [0.2, 0.25) is 10.0 Å². The molecule has 10 nitrogen and oxygen atoms in total. The smallest absolute Gasteiger partial charge is 0.263 e. The maximum Gasteiger partial charge on any atom is 0.263 e. The number of pyridine rings is 1. The lowest BCUT2D eigenvalue weighted by Gasteiger charge is -2.32. The number of hydrogen-bond acceptors (Lipinski definition) is 7. The van der Waals surface area contributed by atoms with Crippen LogP contribution >= 0.6 is 0 Å². The van der Waals surface area contributed by atoms with Gasteiger partial charge in [0, 0.05) is 19.3 Å². The van der Waals surface area contributed by atoms with Gasteiger partial charge in [0.15, 0.2) is 17.3 Å². The highest BCUT2D eigenvalue weighted by Gasteiger charge is 2.41. The molecule has 0 unspecified atom stereocenters. The van der Waals surface area contributed by atoms with Crippen LogP contribution in [0.2, 0.25) is 0 Å². The third-order valence-electron chi connectivity index (χ3n) is 6.00. The van der Waals surface area contributed by atoms with E-state index < -0.39 is 21.7 Å². The van der Waals surface area contributed by atoms with Crippen LogP contribution in [0, 0.1) is 5.82 Å². The lowest BCUT2D eigenvalue weighted by Crippen LogP contribution is -2.39. The fourth-order valence-corrected chi connectivity index (χ4v) is 6.07. The van der Waals surface area contributed by atoms with Crippen molar-refractivity contribution in [1.82, 2.24) is 23.9 Å². The van der Waals surface area contributed by atoms with E-state index in [2.05, 4.69) is 20.4 Å². The number of piperidine rings is 1. The van der Waals surface area contributed by atoms with Gasteiger partial charge in [-0.25, -0.2) is 26.6 Å². The maximum atomic E-state index is 13.4. The van der Waals surface area contributed by atoms with E-state index in [-0.39, 0.29) is 28.2 Å². The summed E-state index contributed by atoms with van der Waals surface area (Å²) < 4.78 is 41.1. The Morgan fingerprint density at radius 1 is 1.19 bits per heavy atom. The Bertz CT molecular complexity index is 1300. The molecule has 0 bridgehead atoms. The highest BCUT2D eigenvalue weighted by molar-refractivity contribution is 7.90. The molecule has 1 saturated carbocycles. The molecule has 3 N–H and O–H groups in total. The molecule has 1 amide bonds. The standard InChI is InChI=1S/C20H22FN7O3S/c21-13-9-24-19-17(18(22)26-28(19)11-13)20(29)25-16-10-23-6-3-15(16)12-4-7-27(8-5-12)32(30,31)14-1-2-14/h3,6,9-12,14H,1-2,4-5,7-8H2,(H2,22,26)(H,25,29). The minimum atomic E-state index is -3.19. The Morgan fingerprint density at radius 3 is 2.66 bits per heavy atom. The summed E-state index contributed by atoms with van der Waals surface area (Å²) in [6.07, 6.45) is 8.08. The van der Waals surface area contributed by atoms with Gasteiger partial charge in [-0.2, -0.15) is 0 Å². The fourth-order valence-electron chi connectivity index (χ4n) is 4.20. The van der Waals surface area contributed by atoms with Crippen LogP contribution in [0.4, 0.5) is 15.9 Å². The molecule has 168 valence electrons. The van der Waals surface area contributed by atoms with Gasteiger partial charge < -0.3 is 11.1 Å². The second kappa shape index (κ2) is 7.78. The summed E-state index contributed by atoms with van der Waals surface area (Å²) in [5, 5.41) is 6.57. The van der Waals surface area contributed by atoms with Crippen molar-refractivity contribution >= 4 is 33.1 Å². The van der Waals surface area contributed by atoms with Gasteiger partial charge in [0.05, 0.1) is 29.5 Å². The topological polar surface area (TPSA) is 136 Å². The lowest BCUT2D eigenvalue weighted by atomic mass is 9.90. The van der Waals surface area contributed by atoms with Crippen molar-refractivity contribution in [2.75, 3.05) is 24.1 Å². The van der Waals surface area contributed by atoms with Crippen molar-refractivity contribution in [3.63, 3.8) is 0 Å². The molecule has 1 saturated heterocycles. The molecule has 12 heteroatoms. The number of amides is 1. The van der Waals surface area contributed by atoms with Crippen molar-refractivity contribution in [2.45, 2.75) is 36.9 Å². The van der Waals surface area contributed by atoms with Crippen LogP contribution < -0.4 is 11.1 Å². The number of anilines is 2. The largest absolute Gasteiger partial charge is 0.381 e. The first-order valence-electron chi connectivity index (χ1n) is 10.4. The molecule has 2 fully saturated rings. The number of halogens is 1. The quantitative estimate of drug-likeness (QED) is 0.593. The first-order chi connectivity index (χ1) is 15.3. The zero-order chi connectivity index (χ0) is 22.5. The van der Waals surface area contributed by atoms with E-state index in [0.29, 0.717) is 31.6 Å². The average molecular weight is 460 g/mol. The number of carbonyl (C=O) groups is 1. The molecule has 3 aromatic heterocycles. The number of nitrogen functional groups attached to an aromatic ring is 1. The normalized spacial score (nSPS) is 18.2. The van der Waals surface area contributed by atoms with Crippen LogP contribution in [0.1, 0.15) is 47.5 Å². The summed E-state index contributed by atoms with van der Waals surface area (Å²) in [5.41, 5.74) is 7.48. The number of fused-ring (bicyclic) bond motifs is 1. The van der Waals surface area contributed by atoms with Crippen LogP contribution in [0.3, 0.4) is 0 Å². The number of nitrogens with zero attached hydrogens (tertiary/aromatic N) is 5. The summed E-state index contributed by atoms with van der Waals surface area (Å²) in [6, 6.07) is 1.83. The van der Waals surface area contributed by atoms with Gasteiger partial charge >= 0.3 is 0 Å². The molecule has 0 spiro atoms. The van der Waals surface area contributed by atoms with E-state index in [9.17, 15) is 17.6 Å². The summed E-state index contributed by atoms with van der Waals surface area (Å²) in [5.74, 6) is -1.12. The Morgan fingerprint density at radius 2 is 1.94 bits per heavy atom. The van der Waals surface area contributed by atoms with Crippen molar-refractivity contribution in [3.8, 4) is 0 Å². The SMILES string of the molecule is Nc1nn2cc(F)cnc2c1C(=O)Nc1cnccc1C1CCN(S(=O)(=O)C2CC2)CC1. The number of aromatic nitrogens is 4. The van der Waals surface area contributed by atoms with Crippen molar-refractivity contribution in [3.05, 3.63) is 47.8 Å². The molecule has 1 aliphatic carbocycles. The third-order valence-corrected chi connectivity index (χ3v) is 8.40. The van der Waals surface area contributed by atoms with Crippen LogP contribution in [-0.4, -0.2) is 56.6 Å². The number of hydrogen-bond donors (Lipinski definition) is 2. The van der Waals surface area contributed by atoms with Gasteiger partial charge in [-0.3, -0.25) is 9.78 Å². The first kappa shape index (κ1) is 20.8. The molecule has 5 rings (SSSR count). The van der Waals surface area contributed by atoms with Crippen molar-refractivity contribution < 1.29 is 17.6 Å². The monoisotopic (exact) mass is 459 g/mol. The summed E-state index contributed by atoms with van der Waals surface area (Å²) in [6.45, 7) is 0.908. The number of carbonyl (C=O) groups excluding carboxylic acids is 1. The van der Waals surface area contributed by atoms with Crippen molar-refractivity contribution in [1.29, 1.82) is 0 Å². The van der Waals surface area contributed by atoms with Crippen LogP contribution in [0.15, 0.2) is 30.9 Å². The molecule has 2 aliphatic rings. The van der Waals surface area contributed by atoms with Crippen molar-refractivity contribution in [2.24, 2.45) is 0 Å². The average Bonchev–Trinajstić information content (AvgIpc) is 3.58. The van der Waals surface area contributed by atoms with Crippen LogP contribution in [0.5, 0.6) is 0 Å². The molecular weight excluding hydrogens is 437 g/mol. The Balaban J connectivity index is 1.36. The highest BCUT2D eigenvalue weighted by Crippen LogP contribution is 2.37. The predicted molar refractivity (Wildman–Crippen MR) is 115 cm³/mol. The summed E-state index contributed by atoms with van der Waals surface area (Å²) in [4.78, 5) is 21.1. The van der Waals surface area contributed by atoms with Gasteiger partial charge in [0.25, 0.3) is 5.91 Å². The number of rotatable bonds is 5. The van der Waals surface area contributed by atoms with E-state index in [1.54, 1.807) is 16.7 Å². The summed E-state index contributed by atoms with van der Waals surface area (Å²) >= 11 is 0. The lowest BCUT2D eigenvalue weighted by molar-refractivity contribution is 0.102. The minimum absolute atomic E-state index is 0.0464. The van der Waals surface area contributed by atoms with E-state index in [4.69, 9.17) is 5.73 Å². The van der Waals surface area contributed by atoms with Gasteiger partial charge in [-0.1, -0.05) is 0 Å². The summed E-state index contributed by atoms with van der Waals surface area (Å²) in [7, 11) is -3.19. The molecule has 32 heavy (non-hydrogen) atoms. The van der Waals surface area contributed by atoms with Gasteiger partial charge in [-0.05, 0) is 43.2 Å². The second-order valence-corrected chi connectivity index (χ2v) is 10.3. The highest BCUT2D eigenvalue weighted by atomic mass is 32.2. The number of sulfonamides is 1. The molecule has 0 radical (unpaired) electrons. The zero-order valence-electron chi connectivity index (χ0n) is 17.1. The van der Waals surface area contributed by atoms with Gasteiger partial charge in [-0.15, -0.1) is 5.10 Å².